The van der Waals surface area contributed by atoms with Crippen molar-refractivity contribution in [3.05, 3.63) is 29.8 Å². The first-order valence-corrected chi connectivity index (χ1v) is 4.23. The van der Waals surface area contributed by atoms with E-state index in [-0.39, 0.29) is 5.75 Å². The lowest BCUT2D eigenvalue weighted by Crippen LogP contribution is -2.33. The highest BCUT2D eigenvalue weighted by atomic mass is 16.3. The van der Waals surface area contributed by atoms with Gasteiger partial charge in [0.2, 0.25) is 0 Å². The van der Waals surface area contributed by atoms with Crippen LogP contribution in [-0.2, 0) is 5.60 Å². The number of rotatable bonds is 1. The van der Waals surface area contributed by atoms with Gasteiger partial charge in [0.15, 0.2) is 0 Å². The topological polar surface area (TPSA) is 40.5 Å². The van der Waals surface area contributed by atoms with Gasteiger partial charge in [0.25, 0.3) is 0 Å². The molecule has 2 heteroatoms. The summed E-state index contributed by atoms with van der Waals surface area (Å²) >= 11 is 0. The minimum atomic E-state index is -0.654. The minimum Gasteiger partial charge on any atom is -0.508 e. The maximum Gasteiger partial charge on any atom is 0.115 e. The molecule has 0 atom stereocenters. The van der Waals surface area contributed by atoms with E-state index in [2.05, 4.69) is 0 Å². The maximum absolute atomic E-state index is 9.89. The molecule has 0 radical (unpaired) electrons. The summed E-state index contributed by atoms with van der Waals surface area (Å²) in [6.45, 7) is 0. The summed E-state index contributed by atoms with van der Waals surface area (Å²) < 4.78 is 0. The van der Waals surface area contributed by atoms with Crippen molar-refractivity contribution in [1.29, 1.82) is 0 Å². The number of benzene rings is 1. The third-order valence-corrected chi connectivity index (χ3v) is 2.56. The third kappa shape index (κ3) is 1.08. The maximum atomic E-state index is 9.89. The Morgan fingerprint density at radius 1 is 1.25 bits per heavy atom. The van der Waals surface area contributed by atoms with E-state index in [1.807, 2.05) is 6.07 Å². The van der Waals surface area contributed by atoms with E-state index in [4.69, 9.17) is 0 Å². The van der Waals surface area contributed by atoms with E-state index in [1.54, 1.807) is 18.2 Å². The smallest absolute Gasteiger partial charge is 0.115 e. The Balaban J connectivity index is 2.33. The van der Waals surface area contributed by atoms with Crippen molar-refractivity contribution >= 4 is 0 Å². The van der Waals surface area contributed by atoms with Crippen molar-refractivity contribution in [2.75, 3.05) is 0 Å². The molecule has 0 saturated heterocycles. The summed E-state index contributed by atoms with van der Waals surface area (Å²) in [5.74, 6) is 0.229. The number of phenolic OH excluding ortho intramolecular Hbond substituents is 1. The molecule has 1 fully saturated rings. The Hall–Kier alpha value is -1.02. The molecule has 2 nitrogen and oxygen atoms in total. The molecular weight excluding hydrogens is 152 g/mol. The van der Waals surface area contributed by atoms with E-state index in [0.717, 1.165) is 24.8 Å². The second-order valence-electron chi connectivity index (χ2n) is 3.44. The normalized spacial score (nSPS) is 20.1. The number of phenols is 1. The first-order chi connectivity index (χ1) is 5.71. The lowest BCUT2D eigenvalue weighted by atomic mass is 9.75. The van der Waals surface area contributed by atoms with Gasteiger partial charge < -0.3 is 10.2 Å². The Morgan fingerprint density at radius 2 is 2.00 bits per heavy atom. The molecule has 2 rings (SSSR count). The minimum absolute atomic E-state index is 0.229. The first kappa shape index (κ1) is 7.62. The number of aliphatic hydroxyl groups is 1. The van der Waals surface area contributed by atoms with Crippen LogP contribution in [0.4, 0.5) is 0 Å². The lowest BCUT2D eigenvalue weighted by Gasteiger charge is -2.37. The van der Waals surface area contributed by atoms with Crippen molar-refractivity contribution in [2.45, 2.75) is 24.9 Å². The fraction of sp³-hybridized carbons (Fsp3) is 0.400. The molecule has 0 spiro atoms. The standard InChI is InChI=1S/C10H12O2/c11-9-4-1-3-8(7-9)10(12)5-2-6-10/h1,3-4,7,11-12H,2,5-6H2. The summed E-state index contributed by atoms with van der Waals surface area (Å²) in [5, 5.41) is 19.1. The fourth-order valence-electron chi connectivity index (χ4n) is 1.60. The van der Waals surface area contributed by atoms with E-state index < -0.39 is 5.60 Å². The number of hydrogen-bond acceptors (Lipinski definition) is 2. The molecule has 2 N–H and O–H groups in total. The van der Waals surface area contributed by atoms with Gasteiger partial charge >= 0.3 is 0 Å². The molecular formula is C10H12O2. The average Bonchev–Trinajstić information content (AvgIpc) is 2.00. The van der Waals surface area contributed by atoms with Gasteiger partial charge in [0.1, 0.15) is 5.75 Å². The molecule has 1 aromatic rings. The van der Waals surface area contributed by atoms with Gasteiger partial charge in [-0.05, 0) is 37.0 Å². The van der Waals surface area contributed by atoms with Crippen LogP contribution < -0.4 is 0 Å². The van der Waals surface area contributed by atoms with Crippen molar-refractivity contribution in [2.24, 2.45) is 0 Å². The second kappa shape index (κ2) is 2.49. The number of hydrogen-bond donors (Lipinski definition) is 2. The zero-order valence-electron chi connectivity index (χ0n) is 6.83. The average molecular weight is 164 g/mol. The molecule has 0 unspecified atom stereocenters. The van der Waals surface area contributed by atoms with Crippen molar-refractivity contribution < 1.29 is 10.2 Å². The summed E-state index contributed by atoms with van der Waals surface area (Å²) in [6.07, 6.45) is 2.71. The Labute approximate surface area is 71.5 Å². The van der Waals surface area contributed by atoms with Crippen LogP contribution in [0.25, 0.3) is 0 Å². The van der Waals surface area contributed by atoms with E-state index in [0.29, 0.717) is 0 Å². The summed E-state index contributed by atoms with van der Waals surface area (Å²) in [6, 6.07) is 6.88. The molecule has 1 aliphatic rings. The SMILES string of the molecule is Oc1cccc(C2(O)CCC2)c1. The highest BCUT2D eigenvalue weighted by molar-refractivity contribution is 5.32. The molecule has 0 heterocycles. The molecule has 0 bridgehead atoms. The molecule has 1 saturated carbocycles. The summed E-state index contributed by atoms with van der Waals surface area (Å²) in [5.41, 5.74) is 0.187. The summed E-state index contributed by atoms with van der Waals surface area (Å²) in [4.78, 5) is 0. The second-order valence-corrected chi connectivity index (χ2v) is 3.44. The van der Waals surface area contributed by atoms with Gasteiger partial charge in [0.05, 0.1) is 5.60 Å². The van der Waals surface area contributed by atoms with E-state index >= 15 is 0 Å². The molecule has 0 aliphatic heterocycles. The van der Waals surface area contributed by atoms with E-state index in [1.165, 1.54) is 0 Å². The van der Waals surface area contributed by atoms with Crippen LogP contribution >= 0.6 is 0 Å². The highest BCUT2D eigenvalue weighted by Crippen LogP contribution is 2.41. The van der Waals surface area contributed by atoms with Crippen LogP contribution in [0.15, 0.2) is 24.3 Å². The number of aromatic hydroxyl groups is 1. The molecule has 1 aromatic carbocycles. The predicted octanol–water partition coefficient (Wildman–Crippen LogP) is 1.76. The molecule has 12 heavy (non-hydrogen) atoms. The fourth-order valence-corrected chi connectivity index (χ4v) is 1.60. The van der Waals surface area contributed by atoms with Gasteiger partial charge in [-0.1, -0.05) is 12.1 Å². The summed E-state index contributed by atoms with van der Waals surface area (Å²) in [7, 11) is 0. The van der Waals surface area contributed by atoms with Crippen molar-refractivity contribution in [3.63, 3.8) is 0 Å². The predicted molar refractivity (Wildman–Crippen MR) is 45.9 cm³/mol. The quantitative estimate of drug-likeness (QED) is 0.664. The van der Waals surface area contributed by atoms with Crippen LogP contribution in [-0.4, -0.2) is 10.2 Å². The van der Waals surface area contributed by atoms with Crippen molar-refractivity contribution in [3.8, 4) is 5.75 Å². The molecule has 0 aromatic heterocycles. The van der Waals surface area contributed by atoms with Crippen LogP contribution in [0, 0.1) is 0 Å². The van der Waals surface area contributed by atoms with Crippen LogP contribution in [0.2, 0.25) is 0 Å². The van der Waals surface area contributed by atoms with Gasteiger partial charge in [0, 0.05) is 0 Å². The Morgan fingerprint density at radius 3 is 2.50 bits per heavy atom. The van der Waals surface area contributed by atoms with Gasteiger partial charge in [-0.15, -0.1) is 0 Å². The van der Waals surface area contributed by atoms with Gasteiger partial charge in [-0.25, -0.2) is 0 Å². The molecule has 64 valence electrons. The first-order valence-electron chi connectivity index (χ1n) is 4.23. The van der Waals surface area contributed by atoms with E-state index in [9.17, 15) is 10.2 Å². The third-order valence-electron chi connectivity index (χ3n) is 2.56. The van der Waals surface area contributed by atoms with Crippen LogP contribution in [0.5, 0.6) is 5.75 Å². The Kier molecular flexibility index (Phi) is 1.58. The Bertz CT molecular complexity index is 290. The zero-order chi connectivity index (χ0) is 8.60. The van der Waals surface area contributed by atoms with Gasteiger partial charge in [-0.3, -0.25) is 0 Å². The molecule has 0 amide bonds. The van der Waals surface area contributed by atoms with Gasteiger partial charge in [-0.2, -0.15) is 0 Å². The van der Waals surface area contributed by atoms with Crippen LogP contribution in [0.3, 0.4) is 0 Å². The zero-order valence-corrected chi connectivity index (χ0v) is 6.83. The largest absolute Gasteiger partial charge is 0.508 e. The monoisotopic (exact) mass is 164 g/mol. The highest BCUT2D eigenvalue weighted by Gasteiger charge is 2.36. The molecule has 1 aliphatic carbocycles. The lowest BCUT2D eigenvalue weighted by molar-refractivity contribution is -0.0389. The van der Waals surface area contributed by atoms with Crippen molar-refractivity contribution in [1.82, 2.24) is 0 Å². The van der Waals surface area contributed by atoms with Crippen LogP contribution in [0.1, 0.15) is 24.8 Å².